The van der Waals surface area contributed by atoms with Crippen molar-refractivity contribution < 1.29 is 13.5 Å². The lowest BCUT2D eigenvalue weighted by Crippen LogP contribution is -2.34. The van der Waals surface area contributed by atoms with E-state index in [1.807, 2.05) is 35.3 Å². The molecule has 6 aliphatic heterocycles. The van der Waals surface area contributed by atoms with Gasteiger partial charge in [0.15, 0.2) is 6.54 Å². The molecule has 1 atom stereocenters. The molecule has 0 saturated heterocycles. The van der Waals surface area contributed by atoms with Gasteiger partial charge in [0.25, 0.3) is 8.53 Å². The minimum atomic E-state index is -1.33. The summed E-state index contributed by atoms with van der Waals surface area (Å²) in [6.45, 7) is 12.1. The van der Waals surface area contributed by atoms with Gasteiger partial charge in [-0.3, -0.25) is 0 Å². The van der Waals surface area contributed by atoms with Crippen LogP contribution in [0.2, 0.25) is 0 Å². The molecule has 72 heavy (non-hydrogen) atoms. The van der Waals surface area contributed by atoms with Gasteiger partial charge in [-0.25, -0.2) is 4.67 Å². The average molecular weight is 1020 g/mol. The van der Waals surface area contributed by atoms with E-state index in [2.05, 4.69) is 192 Å². The first-order valence-corrected chi connectivity index (χ1v) is 28.6. The first kappa shape index (κ1) is 46.1. The molecule has 13 rings (SSSR count). The molecule has 6 heterocycles. The van der Waals surface area contributed by atoms with Crippen molar-refractivity contribution in [3.8, 4) is 28.5 Å². The number of hydrogen-bond donors (Lipinski definition) is 0. The van der Waals surface area contributed by atoms with Crippen molar-refractivity contribution in [3.63, 3.8) is 0 Å². The van der Waals surface area contributed by atoms with Crippen molar-refractivity contribution in [2.45, 2.75) is 88.4 Å². The van der Waals surface area contributed by atoms with Gasteiger partial charge in [-0.2, -0.15) is 9.84 Å². The zero-order valence-electron chi connectivity index (χ0n) is 41.0. The van der Waals surface area contributed by atoms with Crippen LogP contribution in [0.25, 0.3) is 33.4 Å². The normalized spacial score (nSPS) is 15.9. The van der Waals surface area contributed by atoms with E-state index in [1.165, 1.54) is 80.1 Å². The van der Waals surface area contributed by atoms with Gasteiger partial charge < -0.3 is 28.2 Å². The van der Waals surface area contributed by atoms with Gasteiger partial charge in [-0.05, 0) is 106 Å². The minimum Gasteiger partial charge on any atom is -0.456 e. The quantitative estimate of drug-likeness (QED) is 0.0480. The van der Waals surface area contributed by atoms with Gasteiger partial charge in [-0.15, -0.1) is 0 Å². The van der Waals surface area contributed by atoms with Crippen LogP contribution in [0.15, 0.2) is 161 Å². The molecule has 360 valence electrons. The number of fused-ring (bicyclic) bond motifs is 4. The van der Waals surface area contributed by atoms with Gasteiger partial charge in [0, 0.05) is 125 Å². The van der Waals surface area contributed by atoms with Crippen molar-refractivity contribution in [2.24, 2.45) is 0 Å². The smallest absolute Gasteiger partial charge is 0.259 e. The lowest BCUT2D eigenvalue weighted by Gasteiger charge is -2.43. The summed E-state index contributed by atoms with van der Waals surface area (Å²) in [6, 6.07) is 50.3. The number of anilines is 6. The highest BCUT2D eigenvalue weighted by atomic mass is 32.2. The molecule has 0 saturated carbocycles. The maximum absolute atomic E-state index is 9.25. The molecule has 6 aromatic carbocycles. The summed E-state index contributed by atoms with van der Waals surface area (Å²) in [5.41, 5.74) is 15.8. The Labute approximate surface area is 435 Å². The monoisotopic (exact) mass is 1020 g/mol. The Morgan fingerprint density at radius 2 is 1.40 bits per heavy atom. The fourth-order valence-electron chi connectivity index (χ4n) is 11.3. The molecular formula is C59H54N6O3PS3+. The zero-order chi connectivity index (χ0) is 48.8. The third kappa shape index (κ3) is 7.83. The van der Waals surface area contributed by atoms with Crippen LogP contribution in [0.5, 0.6) is 0 Å². The highest BCUT2D eigenvalue weighted by Crippen LogP contribution is 2.67. The van der Waals surface area contributed by atoms with Crippen LogP contribution in [0, 0.1) is 11.3 Å². The molecule has 0 bridgehead atoms. The van der Waals surface area contributed by atoms with E-state index in [0.29, 0.717) is 26.2 Å². The number of hydrogen-bond acceptors (Lipinski definition) is 11. The van der Waals surface area contributed by atoms with Gasteiger partial charge in [0.1, 0.15) is 11.3 Å². The number of para-hydroxylation sites is 3. The van der Waals surface area contributed by atoms with Crippen molar-refractivity contribution in [1.29, 1.82) is 5.26 Å². The average Bonchev–Trinajstić information content (AvgIpc) is 4.02. The number of nitrogens with zero attached hydrogens (tertiary/aromatic N) is 6. The van der Waals surface area contributed by atoms with Crippen LogP contribution < -0.4 is 24.6 Å². The molecule has 0 fully saturated rings. The van der Waals surface area contributed by atoms with Crippen LogP contribution in [-0.2, 0) is 21.9 Å². The van der Waals surface area contributed by atoms with Crippen LogP contribution in [0.1, 0.15) is 45.2 Å². The summed E-state index contributed by atoms with van der Waals surface area (Å²) in [7, 11) is 0.832. The first-order chi connectivity index (χ1) is 35.2. The van der Waals surface area contributed by atoms with E-state index >= 15 is 0 Å². The first-order valence-electron chi connectivity index (χ1n) is 25.0. The van der Waals surface area contributed by atoms with Crippen LogP contribution in [0.4, 0.5) is 39.8 Å². The highest BCUT2D eigenvalue weighted by Gasteiger charge is 2.40. The second-order valence-electron chi connectivity index (χ2n) is 19.6. The largest absolute Gasteiger partial charge is 0.456 e. The maximum atomic E-state index is 9.25. The van der Waals surface area contributed by atoms with Crippen LogP contribution >= 0.6 is 43.8 Å². The van der Waals surface area contributed by atoms with Crippen molar-refractivity contribution in [3.05, 3.63) is 144 Å². The van der Waals surface area contributed by atoms with Gasteiger partial charge in [0.05, 0.1) is 48.8 Å². The Morgan fingerprint density at radius 1 is 0.722 bits per heavy atom. The topological polar surface area (TPSA) is 71.4 Å². The number of rotatable bonds is 13. The summed E-state index contributed by atoms with van der Waals surface area (Å²) >= 11 is 5.64. The molecule has 9 nitrogen and oxygen atoms in total. The van der Waals surface area contributed by atoms with E-state index < -0.39 is 8.53 Å². The second-order valence-corrected chi connectivity index (χ2v) is 24.3. The standard InChI is InChI=1S/C59H54N6O3PS3/c1-36(2)65(37(3)4)69(66-28-11-24-60)67-29-27-61(5)43-34-54-59-55(35-43)72-53-31-40(30-52-58(53)64(59)57-50(70-52)16-10-17-51(57)71-54)56-44-20-18-41(62-25-22-38-12-6-8-14-46(38)62)32-48(44)68-49-33-42(19-21-45(49)56)63-26-23-39-13-7-9-15-47(39)63/h6-10,12-21,30-37H,11,22-23,25-29H2,1-5H3/q+1. The lowest BCUT2D eigenvalue weighted by molar-refractivity contribution is 0.179. The van der Waals surface area contributed by atoms with Crippen molar-refractivity contribution >= 4 is 94.6 Å². The second kappa shape index (κ2) is 18.6. The maximum Gasteiger partial charge on any atom is 0.259 e. The molecule has 13 heteroatoms. The summed E-state index contributed by atoms with van der Waals surface area (Å²) in [5.74, 6) is 0.877. The van der Waals surface area contributed by atoms with Crippen molar-refractivity contribution in [2.75, 3.05) is 54.6 Å². The summed E-state index contributed by atoms with van der Waals surface area (Å²) in [4.78, 5) is 14.8. The fraction of sp³-hybridized carbons (Fsp3) is 0.254. The molecular weight excluding hydrogens is 968 g/mol. The lowest BCUT2D eigenvalue weighted by atomic mass is 9.93. The van der Waals surface area contributed by atoms with Crippen LogP contribution in [0.3, 0.4) is 0 Å². The van der Waals surface area contributed by atoms with Gasteiger partial charge in [-0.1, -0.05) is 77.8 Å². The van der Waals surface area contributed by atoms with E-state index in [1.54, 1.807) is 0 Å². The van der Waals surface area contributed by atoms with Gasteiger partial charge in [0.2, 0.25) is 11.0 Å². The number of nitriles is 1. The zero-order valence-corrected chi connectivity index (χ0v) is 44.4. The Kier molecular flexibility index (Phi) is 11.9. The molecule has 1 aliphatic carbocycles. The number of benzene rings is 7. The molecule has 1 unspecified atom stereocenters. The summed E-state index contributed by atoms with van der Waals surface area (Å²) < 4.78 is 24.6. The minimum absolute atomic E-state index is 0.242. The molecule has 0 spiro atoms. The fourth-order valence-corrected chi connectivity index (χ4v) is 16.6. The molecule has 0 radical (unpaired) electrons. The Hall–Kier alpha value is -5.74. The Balaban J connectivity index is 0.917. The highest BCUT2D eigenvalue weighted by molar-refractivity contribution is 8.01. The van der Waals surface area contributed by atoms with E-state index in [0.717, 1.165) is 65.0 Å². The molecule has 6 aromatic rings. The molecule has 7 aliphatic rings. The van der Waals surface area contributed by atoms with Crippen molar-refractivity contribution in [1.82, 2.24) is 9.25 Å². The van der Waals surface area contributed by atoms with E-state index in [9.17, 15) is 5.26 Å². The molecule has 0 N–H and O–H groups in total. The predicted molar refractivity (Wildman–Crippen MR) is 297 cm³/mol. The van der Waals surface area contributed by atoms with E-state index in [-0.39, 0.29) is 12.1 Å². The SMILES string of the molecule is CC(C)N(C(C)C)P(OCCC#N)OCCN(C)c1cc2c3c(c1)Sc1cc(-c4c5ccc(=[N+]6CCc7ccccc76)cc-5oc5cc(N6CCc7ccccc76)ccc45)cc4c1N3c1c(cccc1S2)S4. The van der Waals surface area contributed by atoms with Crippen LogP contribution in [-0.4, -0.2) is 56.6 Å². The van der Waals surface area contributed by atoms with Gasteiger partial charge >= 0.3 is 0 Å². The third-order valence-electron chi connectivity index (χ3n) is 14.5. The Morgan fingerprint density at radius 3 is 2.15 bits per heavy atom. The summed E-state index contributed by atoms with van der Waals surface area (Å²) in [5, 5.41) is 11.5. The third-order valence-corrected chi connectivity index (χ3v) is 19.8. The molecule has 0 amide bonds. The predicted octanol–water partition coefficient (Wildman–Crippen LogP) is 15.2. The van der Waals surface area contributed by atoms with E-state index in [4.69, 9.17) is 13.5 Å². The number of likely N-dealkylation sites (N-methyl/N-ethyl adjacent to an activating group) is 1. The Bertz CT molecular complexity index is 3580. The molecule has 0 aromatic heterocycles. The summed E-state index contributed by atoms with van der Waals surface area (Å²) in [6.07, 6.45) is 2.39.